The van der Waals surface area contributed by atoms with Gasteiger partial charge in [0, 0.05) is 17.9 Å². The van der Waals surface area contributed by atoms with Crippen LogP contribution in [0.25, 0.3) is 0 Å². The number of ether oxygens (including phenoxy) is 1. The van der Waals surface area contributed by atoms with E-state index in [0.717, 1.165) is 21.6 Å². The first-order valence-electron chi connectivity index (χ1n) is 14.1. The maximum atomic E-state index is 14.0. The minimum absolute atomic E-state index is 0.0179. The van der Waals surface area contributed by atoms with Gasteiger partial charge in [-0.05, 0) is 41.0 Å². The van der Waals surface area contributed by atoms with Crippen LogP contribution in [-0.2, 0) is 9.54 Å². The average Bonchev–Trinajstić information content (AvgIpc) is 3.33. The summed E-state index contributed by atoms with van der Waals surface area (Å²) in [4.78, 5) is 52.9. The number of nitro groups is 1. The highest BCUT2D eigenvalue weighted by Crippen LogP contribution is 2.49. The van der Waals surface area contributed by atoms with Gasteiger partial charge in [-0.15, -0.1) is 11.8 Å². The predicted molar refractivity (Wildman–Crippen MR) is 171 cm³/mol. The molecule has 0 unspecified atom stereocenters. The predicted octanol–water partition coefficient (Wildman–Crippen LogP) is 6.89. The molecular formula is C36H26N2O6S. The molecule has 0 spiro atoms. The largest absolute Gasteiger partial charge is 0.425 e. The lowest BCUT2D eigenvalue weighted by Gasteiger charge is -2.37. The van der Waals surface area contributed by atoms with Crippen molar-refractivity contribution in [2.75, 3.05) is 5.75 Å². The molecule has 0 aromatic heterocycles. The van der Waals surface area contributed by atoms with Crippen molar-refractivity contribution in [1.82, 2.24) is 4.90 Å². The van der Waals surface area contributed by atoms with Crippen LogP contribution in [0.1, 0.15) is 37.4 Å². The van der Waals surface area contributed by atoms with Crippen molar-refractivity contribution >= 4 is 35.2 Å². The molecule has 1 aliphatic heterocycles. The van der Waals surface area contributed by atoms with Crippen molar-refractivity contribution in [2.45, 2.75) is 10.8 Å². The molecule has 0 fully saturated rings. The van der Waals surface area contributed by atoms with Crippen LogP contribution in [0.15, 0.2) is 140 Å². The van der Waals surface area contributed by atoms with Crippen molar-refractivity contribution in [1.29, 1.82) is 0 Å². The van der Waals surface area contributed by atoms with E-state index in [-0.39, 0.29) is 28.3 Å². The van der Waals surface area contributed by atoms with Crippen molar-refractivity contribution in [2.24, 2.45) is 0 Å². The van der Waals surface area contributed by atoms with Crippen LogP contribution in [0.2, 0.25) is 0 Å². The van der Waals surface area contributed by atoms with Crippen LogP contribution in [0, 0.1) is 10.1 Å². The zero-order valence-electron chi connectivity index (χ0n) is 23.8. The Morgan fingerprint density at radius 2 is 1.11 bits per heavy atom. The summed E-state index contributed by atoms with van der Waals surface area (Å²) in [5.41, 5.74) is 3.08. The van der Waals surface area contributed by atoms with E-state index < -0.39 is 33.5 Å². The molecule has 0 aliphatic carbocycles. The van der Waals surface area contributed by atoms with Crippen LogP contribution in [-0.4, -0.2) is 39.4 Å². The fourth-order valence-electron chi connectivity index (χ4n) is 5.53. The minimum atomic E-state index is -1.33. The Kier molecular flexibility index (Phi) is 8.26. The second kappa shape index (κ2) is 12.6. The molecule has 0 bridgehead atoms. The second-order valence-corrected chi connectivity index (χ2v) is 11.5. The number of imide groups is 1. The fourth-order valence-corrected chi connectivity index (χ4v) is 7.13. The molecule has 1 atom stereocenters. The molecule has 5 aromatic rings. The zero-order valence-corrected chi connectivity index (χ0v) is 24.6. The Morgan fingerprint density at radius 3 is 1.53 bits per heavy atom. The molecule has 0 saturated carbocycles. The molecule has 9 heteroatoms. The van der Waals surface area contributed by atoms with Gasteiger partial charge in [-0.25, -0.2) is 4.79 Å². The topological polar surface area (TPSA) is 107 Å². The summed E-state index contributed by atoms with van der Waals surface area (Å²) in [6, 6.07) is 39.7. The average molecular weight is 615 g/mol. The van der Waals surface area contributed by atoms with Gasteiger partial charge >= 0.3 is 5.97 Å². The van der Waals surface area contributed by atoms with Gasteiger partial charge in [0.25, 0.3) is 17.5 Å². The second-order valence-electron chi connectivity index (χ2n) is 10.3. The number of esters is 1. The number of carbonyl (C=O) groups excluding carboxylic acids is 3. The van der Waals surface area contributed by atoms with Gasteiger partial charge < -0.3 is 4.74 Å². The molecule has 1 aliphatic rings. The number of benzene rings is 5. The van der Waals surface area contributed by atoms with E-state index in [0.29, 0.717) is 0 Å². The fraction of sp³-hybridized carbons (Fsp3) is 0.0833. The summed E-state index contributed by atoms with van der Waals surface area (Å²) in [5, 5.41) is 11.1. The molecule has 2 amide bonds. The summed E-state index contributed by atoms with van der Waals surface area (Å²) in [5.74, 6) is -1.99. The highest BCUT2D eigenvalue weighted by atomic mass is 32.2. The minimum Gasteiger partial charge on any atom is -0.425 e. The van der Waals surface area contributed by atoms with E-state index >= 15 is 0 Å². The lowest BCUT2D eigenvalue weighted by atomic mass is 9.84. The number of nitrogens with zero attached hydrogens (tertiary/aromatic N) is 2. The van der Waals surface area contributed by atoms with Crippen molar-refractivity contribution < 1.29 is 24.0 Å². The summed E-state index contributed by atoms with van der Waals surface area (Å²) >= 11 is 1.42. The third-order valence-electron chi connectivity index (χ3n) is 7.67. The van der Waals surface area contributed by atoms with E-state index in [1.165, 1.54) is 36.0 Å². The Hall–Kier alpha value is -5.54. The molecule has 8 nitrogen and oxygen atoms in total. The smallest absolute Gasteiger partial charge is 0.335 e. The lowest BCUT2D eigenvalue weighted by Crippen LogP contribution is -2.49. The number of carbonyl (C=O) groups is 3. The Morgan fingerprint density at radius 1 is 0.689 bits per heavy atom. The quantitative estimate of drug-likeness (QED) is 0.0421. The van der Waals surface area contributed by atoms with Gasteiger partial charge in [0.2, 0.25) is 0 Å². The third-order valence-corrected chi connectivity index (χ3v) is 9.30. The number of fused-ring (bicyclic) bond motifs is 1. The maximum Gasteiger partial charge on any atom is 0.335 e. The van der Waals surface area contributed by atoms with Crippen molar-refractivity contribution in [3.8, 4) is 5.75 Å². The summed E-state index contributed by atoms with van der Waals surface area (Å²) < 4.78 is 4.84. The normalized spacial score (nSPS) is 13.3. The van der Waals surface area contributed by atoms with E-state index in [1.807, 2.05) is 91.0 Å². The zero-order chi connectivity index (χ0) is 31.4. The standard InChI is InChI=1S/C36H26N2O6S/c39-33-30-18-10-11-19-31(30)34(40)37(33)32(35(41)44-29-22-20-28(21-23-29)38(42)43)24-45-36(25-12-4-1-5-13-25,26-14-6-2-7-15-26)27-16-8-3-9-17-27/h1-23,32H,24H2/t32-/m0/s1. The van der Waals surface area contributed by atoms with Gasteiger partial charge in [0.15, 0.2) is 0 Å². The summed E-state index contributed by atoms with van der Waals surface area (Å²) in [6.45, 7) is 0. The highest BCUT2D eigenvalue weighted by molar-refractivity contribution is 8.00. The van der Waals surface area contributed by atoms with E-state index in [4.69, 9.17) is 4.74 Å². The van der Waals surface area contributed by atoms with Crippen LogP contribution in [0.3, 0.4) is 0 Å². The first kappa shape index (κ1) is 29.5. The van der Waals surface area contributed by atoms with E-state index in [1.54, 1.807) is 24.3 Å². The molecule has 6 rings (SSSR count). The van der Waals surface area contributed by atoms with Crippen LogP contribution < -0.4 is 4.74 Å². The molecule has 0 saturated heterocycles. The molecular weight excluding hydrogens is 588 g/mol. The third kappa shape index (κ3) is 5.61. The number of hydrogen-bond donors (Lipinski definition) is 0. The molecule has 222 valence electrons. The molecule has 0 N–H and O–H groups in total. The molecule has 1 heterocycles. The van der Waals surface area contributed by atoms with E-state index in [2.05, 4.69) is 0 Å². The molecule has 5 aromatic carbocycles. The Labute approximate surface area is 263 Å². The van der Waals surface area contributed by atoms with Crippen LogP contribution >= 0.6 is 11.8 Å². The monoisotopic (exact) mass is 614 g/mol. The summed E-state index contributed by atoms with van der Waals surface area (Å²) in [7, 11) is 0. The number of hydrogen-bond acceptors (Lipinski definition) is 7. The van der Waals surface area contributed by atoms with Crippen LogP contribution in [0.4, 0.5) is 5.69 Å². The first-order valence-corrected chi connectivity index (χ1v) is 15.1. The van der Waals surface area contributed by atoms with Gasteiger partial charge in [-0.3, -0.25) is 24.6 Å². The SMILES string of the molecule is O=C(Oc1ccc([N+](=O)[O-])cc1)[C@H](CSC(c1ccccc1)(c1ccccc1)c1ccccc1)N1C(=O)c2ccccc2C1=O. The van der Waals surface area contributed by atoms with Gasteiger partial charge in [0.1, 0.15) is 11.8 Å². The number of nitro benzene ring substituents is 1. The first-order chi connectivity index (χ1) is 21.9. The number of rotatable bonds is 10. The number of thioether (sulfide) groups is 1. The molecule has 0 radical (unpaired) electrons. The maximum absolute atomic E-state index is 14.0. The van der Waals surface area contributed by atoms with Gasteiger partial charge in [-0.1, -0.05) is 103 Å². The summed E-state index contributed by atoms with van der Waals surface area (Å²) in [6.07, 6.45) is 0. The van der Waals surface area contributed by atoms with Crippen molar-refractivity contribution in [3.05, 3.63) is 177 Å². The molecule has 45 heavy (non-hydrogen) atoms. The van der Waals surface area contributed by atoms with Crippen LogP contribution in [0.5, 0.6) is 5.75 Å². The van der Waals surface area contributed by atoms with E-state index in [9.17, 15) is 24.5 Å². The van der Waals surface area contributed by atoms with Gasteiger partial charge in [-0.2, -0.15) is 0 Å². The number of non-ortho nitro benzene ring substituents is 1. The van der Waals surface area contributed by atoms with Crippen molar-refractivity contribution in [3.63, 3.8) is 0 Å². The van der Waals surface area contributed by atoms with Gasteiger partial charge in [0.05, 0.1) is 20.8 Å². The lowest BCUT2D eigenvalue weighted by molar-refractivity contribution is -0.384. The Balaban J connectivity index is 1.44. The number of amides is 2. The Bertz CT molecular complexity index is 1730. The highest BCUT2D eigenvalue weighted by Gasteiger charge is 2.46.